The predicted molar refractivity (Wildman–Crippen MR) is 76.1 cm³/mol. The number of carbonyl (C=O) groups is 1. The molecule has 0 spiro atoms. The highest BCUT2D eigenvalue weighted by Crippen LogP contribution is 2.32. The third-order valence-corrected chi connectivity index (χ3v) is 4.02. The SMILES string of the molecule is O=C(Cc1ccccc1C(F)(F)F)NCC1CCCC(O)C1. The van der Waals surface area contributed by atoms with Gasteiger partial charge < -0.3 is 10.4 Å². The zero-order valence-corrected chi connectivity index (χ0v) is 12.2. The van der Waals surface area contributed by atoms with Crippen molar-refractivity contribution in [1.82, 2.24) is 5.32 Å². The maximum atomic E-state index is 12.9. The molecule has 6 heteroatoms. The summed E-state index contributed by atoms with van der Waals surface area (Å²) in [6.07, 6.45) is -1.81. The molecule has 0 bridgehead atoms. The number of hydrogen-bond donors (Lipinski definition) is 2. The summed E-state index contributed by atoms with van der Waals surface area (Å²) < 4.78 is 38.6. The van der Waals surface area contributed by atoms with E-state index in [-0.39, 0.29) is 24.0 Å². The highest BCUT2D eigenvalue weighted by molar-refractivity contribution is 5.79. The average molecular weight is 315 g/mol. The highest BCUT2D eigenvalue weighted by atomic mass is 19.4. The second-order valence-electron chi connectivity index (χ2n) is 5.82. The predicted octanol–water partition coefficient (Wildman–Crippen LogP) is 2.92. The summed E-state index contributed by atoms with van der Waals surface area (Å²) in [6.45, 7) is 0.407. The smallest absolute Gasteiger partial charge is 0.393 e. The van der Waals surface area contributed by atoms with Gasteiger partial charge in [-0.15, -0.1) is 0 Å². The van der Waals surface area contributed by atoms with Crippen LogP contribution in [0, 0.1) is 5.92 Å². The number of aliphatic hydroxyl groups excluding tert-OH is 1. The van der Waals surface area contributed by atoms with Crippen LogP contribution in [0.5, 0.6) is 0 Å². The van der Waals surface area contributed by atoms with Crippen molar-refractivity contribution in [2.75, 3.05) is 6.54 Å². The van der Waals surface area contributed by atoms with Crippen LogP contribution in [0.3, 0.4) is 0 Å². The molecule has 1 aromatic rings. The first-order valence-corrected chi connectivity index (χ1v) is 7.46. The second-order valence-corrected chi connectivity index (χ2v) is 5.82. The Morgan fingerprint density at radius 2 is 2.00 bits per heavy atom. The number of rotatable bonds is 4. The Morgan fingerprint density at radius 1 is 1.27 bits per heavy atom. The van der Waals surface area contributed by atoms with Gasteiger partial charge in [-0.2, -0.15) is 13.2 Å². The molecular weight excluding hydrogens is 295 g/mol. The molecule has 1 aliphatic carbocycles. The third kappa shape index (κ3) is 4.73. The molecule has 2 atom stereocenters. The number of aliphatic hydroxyl groups is 1. The van der Waals surface area contributed by atoms with E-state index in [2.05, 4.69) is 5.32 Å². The summed E-state index contributed by atoms with van der Waals surface area (Å²) in [7, 11) is 0. The fourth-order valence-electron chi connectivity index (χ4n) is 2.89. The van der Waals surface area contributed by atoms with Gasteiger partial charge in [-0.1, -0.05) is 24.6 Å². The third-order valence-electron chi connectivity index (χ3n) is 4.02. The molecule has 0 saturated heterocycles. The molecule has 122 valence electrons. The Labute approximate surface area is 127 Å². The molecule has 2 unspecified atom stereocenters. The van der Waals surface area contributed by atoms with Crippen molar-refractivity contribution in [2.24, 2.45) is 5.92 Å². The van der Waals surface area contributed by atoms with Crippen LogP contribution in [0.15, 0.2) is 24.3 Å². The lowest BCUT2D eigenvalue weighted by Gasteiger charge is -2.26. The zero-order valence-electron chi connectivity index (χ0n) is 12.2. The van der Waals surface area contributed by atoms with Gasteiger partial charge in [0.2, 0.25) is 5.91 Å². The van der Waals surface area contributed by atoms with E-state index in [9.17, 15) is 23.1 Å². The molecule has 1 aliphatic rings. The molecule has 0 heterocycles. The van der Waals surface area contributed by atoms with Crippen molar-refractivity contribution in [1.29, 1.82) is 0 Å². The van der Waals surface area contributed by atoms with Gasteiger partial charge >= 0.3 is 6.18 Å². The first-order chi connectivity index (χ1) is 10.4. The van der Waals surface area contributed by atoms with Gasteiger partial charge in [-0.05, 0) is 36.8 Å². The van der Waals surface area contributed by atoms with Crippen LogP contribution in [0.4, 0.5) is 13.2 Å². The molecule has 22 heavy (non-hydrogen) atoms. The Balaban J connectivity index is 1.90. The quantitative estimate of drug-likeness (QED) is 0.897. The highest BCUT2D eigenvalue weighted by Gasteiger charge is 2.33. The van der Waals surface area contributed by atoms with Gasteiger partial charge in [-0.3, -0.25) is 4.79 Å². The molecule has 0 aliphatic heterocycles. The minimum Gasteiger partial charge on any atom is -0.393 e. The van der Waals surface area contributed by atoms with E-state index in [1.165, 1.54) is 18.2 Å². The summed E-state index contributed by atoms with van der Waals surface area (Å²) in [4.78, 5) is 11.9. The molecule has 0 radical (unpaired) electrons. The number of nitrogens with one attached hydrogen (secondary N) is 1. The second kappa shape index (κ2) is 7.13. The van der Waals surface area contributed by atoms with Crippen molar-refractivity contribution in [3.63, 3.8) is 0 Å². The zero-order chi connectivity index (χ0) is 16.2. The van der Waals surface area contributed by atoms with Gasteiger partial charge in [-0.25, -0.2) is 0 Å². The summed E-state index contributed by atoms with van der Waals surface area (Å²) in [6, 6.07) is 5.12. The number of hydrogen-bond acceptors (Lipinski definition) is 2. The summed E-state index contributed by atoms with van der Waals surface area (Å²) in [5, 5.41) is 12.3. The molecule has 1 aromatic carbocycles. The molecule has 1 fully saturated rings. The maximum Gasteiger partial charge on any atom is 0.416 e. The van der Waals surface area contributed by atoms with Gasteiger partial charge in [0.05, 0.1) is 18.1 Å². The average Bonchev–Trinajstić information content (AvgIpc) is 2.45. The van der Waals surface area contributed by atoms with Crippen LogP contribution in [-0.4, -0.2) is 23.7 Å². The number of benzene rings is 1. The monoisotopic (exact) mass is 315 g/mol. The lowest BCUT2D eigenvalue weighted by Crippen LogP contribution is -2.34. The van der Waals surface area contributed by atoms with Gasteiger partial charge in [0, 0.05) is 6.54 Å². The van der Waals surface area contributed by atoms with E-state index in [1.807, 2.05) is 0 Å². The van der Waals surface area contributed by atoms with Crippen molar-refractivity contribution in [3.05, 3.63) is 35.4 Å². The Morgan fingerprint density at radius 3 is 2.68 bits per heavy atom. The topological polar surface area (TPSA) is 49.3 Å². The molecular formula is C16H20F3NO2. The van der Waals surface area contributed by atoms with Crippen molar-refractivity contribution in [2.45, 2.75) is 44.4 Å². The lowest BCUT2D eigenvalue weighted by molar-refractivity contribution is -0.138. The number of carbonyl (C=O) groups excluding carboxylic acids is 1. The summed E-state index contributed by atoms with van der Waals surface area (Å²) in [5.41, 5.74) is -0.783. The molecule has 2 N–H and O–H groups in total. The molecule has 2 rings (SSSR count). The van der Waals surface area contributed by atoms with Gasteiger partial charge in [0.15, 0.2) is 0 Å². The largest absolute Gasteiger partial charge is 0.416 e. The normalized spacial score (nSPS) is 22.4. The van der Waals surface area contributed by atoms with E-state index in [0.29, 0.717) is 13.0 Å². The Kier molecular flexibility index (Phi) is 5.45. The molecule has 3 nitrogen and oxygen atoms in total. The number of halogens is 3. The fraction of sp³-hybridized carbons (Fsp3) is 0.562. The van der Waals surface area contributed by atoms with E-state index >= 15 is 0 Å². The van der Waals surface area contributed by atoms with E-state index < -0.39 is 17.6 Å². The first kappa shape index (κ1) is 16.8. The summed E-state index contributed by atoms with van der Waals surface area (Å²) in [5.74, 6) is -0.220. The Bertz CT molecular complexity index is 516. The molecule has 1 amide bonds. The van der Waals surface area contributed by atoms with Crippen LogP contribution in [-0.2, 0) is 17.4 Å². The van der Waals surface area contributed by atoms with Crippen LogP contribution in [0.25, 0.3) is 0 Å². The van der Waals surface area contributed by atoms with Gasteiger partial charge in [0.25, 0.3) is 0 Å². The molecule has 0 aromatic heterocycles. The Hall–Kier alpha value is -1.56. The van der Waals surface area contributed by atoms with Gasteiger partial charge in [0.1, 0.15) is 0 Å². The van der Waals surface area contributed by atoms with Crippen LogP contribution >= 0.6 is 0 Å². The van der Waals surface area contributed by atoms with E-state index in [0.717, 1.165) is 25.3 Å². The maximum absolute atomic E-state index is 12.9. The van der Waals surface area contributed by atoms with Crippen LogP contribution in [0.1, 0.15) is 36.8 Å². The lowest BCUT2D eigenvalue weighted by atomic mass is 9.87. The van der Waals surface area contributed by atoms with Crippen LogP contribution < -0.4 is 5.32 Å². The van der Waals surface area contributed by atoms with E-state index in [1.54, 1.807) is 0 Å². The minimum atomic E-state index is -4.45. The van der Waals surface area contributed by atoms with Crippen molar-refractivity contribution < 1.29 is 23.1 Å². The number of alkyl halides is 3. The standard InChI is InChI=1S/C16H20F3NO2/c17-16(18,19)14-7-2-1-5-12(14)9-15(22)20-10-11-4-3-6-13(21)8-11/h1-2,5,7,11,13,21H,3-4,6,8-10H2,(H,20,22). The summed E-state index contributed by atoms with van der Waals surface area (Å²) >= 11 is 0. The van der Waals surface area contributed by atoms with Crippen molar-refractivity contribution >= 4 is 5.91 Å². The first-order valence-electron chi connectivity index (χ1n) is 7.46. The number of amides is 1. The van der Waals surface area contributed by atoms with Crippen molar-refractivity contribution in [3.8, 4) is 0 Å². The molecule has 1 saturated carbocycles. The minimum absolute atomic E-state index is 0.0174. The van der Waals surface area contributed by atoms with E-state index in [4.69, 9.17) is 0 Å². The van der Waals surface area contributed by atoms with Crippen LogP contribution in [0.2, 0.25) is 0 Å². The fourth-order valence-corrected chi connectivity index (χ4v) is 2.89.